The first-order valence-corrected chi connectivity index (χ1v) is 4.47. The molecule has 15 heavy (non-hydrogen) atoms. The van der Waals surface area contributed by atoms with Crippen LogP contribution in [0.25, 0.3) is 10.9 Å². The van der Waals surface area contributed by atoms with E-state index in [9.17, 15) is 8.78 Å². The average Bonchev–Trinajstić information content (AvgIpc) is 2.53. The maximum Gasteiger partial charge on any atom is 0.183 e. The van der Waals surface area contributed by atoms with E-state index in [1.807, 2.05) is 6.07 Å². The fourth-order valence-electron chi connectivity index (χ4n) is 1.52. The number of nitrogens with zero attached hydrogens (tertiary/aromatic N) is 2. The van der Waals surface area contributed by atoms with Crippen molar-refractivity contribution in [1.82, 2.24) is 4.57 Å². The van der Waals surface area contributed by atoms with E-state index < -0.39 is 11.6 Å². The van der Waals surface area contributed by atoms with Gasteiger partial charge in [-0.25, -0.2) is 8.78 Å². The Bertz CT molecular complexity index is 596. The predicted molar refractivity (Wildman–Crippen MR) is 52.6 cm³/mol. The van der Waals surface area contributed by atoms with E-state index in [1.165, 1.54) is 17.7 Å². The quantitative estimate of drug-likeness (QED) is 0.635. The summed E-state index contributed by atoms with van der Waals surface area (Å²) in [6.07, 6.45) is 0. The van der Waals surface area contributed by atoms with Gasteiger partial charge in [0.2, 0.25) is 0 Å². The summed E-state index contributed by atoms with van der Waals surface area (Å²) >= 11 is 5.75. The molecule has 2 rings (SSSR count). The van der Waals surface area contributed by atoms with Crippen molar-refractivity contribution >= 4 is 22.5 Å². The van der Waals surface area contributed by atoms with Crippen LogP contribution in [0.4, 0.5) is 8.78 Å². The zero-order chi connectivity index (χ0) is 11.2. The molecule has 76 valence electrons. The van der Waals surface area contributed by atoms with Crippen molar-refractivity contribution in [2.24, 2.45) is 7.05 Å². The number of rotatable bonds is 0. The highest BCUT2D eigenvalue weighted by Crippen LogP contribution is 2.30. The lowest BCUT2D eigenvalue weighted by molar-refractivity contribution is 0.513. The Morgan fingerprint density at radius 3 is 2.67 bits per heavy atom. The maximum absolute atomic E-state index is 13.4. The van der Waals surface area contributed by atoms with Crippen LogP contribution in [-0.2, 0) is 7.05 Å². The molecular formula is C10H5ClF2N2. The van der Waals surface area contributed by atoms with E-state index in [1.54, 1.807) is 0 Å². The van der Waals surface area contributed by atoms with Crippen molar-refractivity contribution in [3.05, 3.63) is 34.5 Å². The summed E-state index contributed by atoms with van der Waals surface area (Å²) in [5.74, 6) is -2.00. The van der Waals surface area contributed by atoms with E-state index in [0.29, 0.717) is 5.39 Å². The molecule has 0 saturated heterocycles. The third kappa shape index (κ3) is 1.28. The summed E-state index contributed by atoms with van der Waals surface area (Å²) in [4.78, 5) is 0. The topological polar surface area (TPSA) is 28.7 Å². The highest BCUT2D eigenvalue weighted by molar-refractivity contribution is 6.35. The molecule has 0 spiro atoms. The van der Waals surface area contributed by atoms with Gasteiger partial charge in [0.15, 0.2) is 11.6 Å². The van der Waals surface area contributed by atoms with Crippen molar-refractivity contribution in [3.8, 4) is 6.07 Å². The number of hydrogen-bond donors (Lipinski definition) is 0. The lowest BCUT2D eigenvalue weighted by atomic mass is 10.2. The second kappa shape index (κ2) is 3.21. The van der Waals surface area contributed by atoms with Gasteiger partial charge < -0.3 is 4.57 Å². The van der Waals surface area contributed by atoms with Crippen molar-refractivity contribution < 1.29 is 8.78 Å². The second-order valence-corrected chi connectivity index (χ2v) is 3.52. The van der Waals surface area contributed by atoms with Crippen LogP contribution < -0.4 is 0 Å². The minimum absolute atomic E-state index is 0.0107. The van der Waals surface area contributed by atoms with Crippen LogP contribution in [0.1, 0.15) is 5.69 Å². The fourth-order valence-corrected chi connectivity index (χ4v) is 1.76. The van der Waals surface area contributed by atoms with Crippen LogP contribution in [0.2, 0.25) is 5.02 Å². The Balaban J connectivity index is 3.02. The summed E-state index contributed by atoms with van der Waals surface area (Å²) in [7, 11) is 1.49. The molecule has 0 N–H and O–H groups in total. The summed E-state index contributed by atoms with van der Waals surface area (Å²) < 4.78 is 27.7. The van der Waals surface area contributed by atoms with Gasteiger partial charge in [-0.05, 0) is 12.1 Å². The molecule has 0 unspecified atom stereocenters. The molecule has 1 aromatic carbocycles. The molecule has 0 saturated carbocycles. The zero-order valence-corrected chi connectivity index (χ0v) is 8.44. The monoisotopic (exact) mass is 226 g/mol. The van der Waals surface area contributed by atoms with Crippen LogP contribution in [0.3, 0.4) is 0 Å². The number of aryl methyl sites for hydroxylation is 1. The Hall–Kier alpha value is -1.60. The molecule has 0 fully saturated rings. The molecule has 0 aliphatic rings. The highest BCUT2D eigenvalue weighted by Gasteiger charge is 2.16. The van der Waals surface area contributed by atoms with Crippen LogP contribution in [0.15, 0.2) is 12.1 Å². The first-order valence-electron chi connectivity index (χ1n) is 4.09. The molecule has 1 heterocycles. The smallest absolute Gasteiger partial charge is 0.183 e. The minimum atomic E-state index is -1.02. The van der Waals surface area contributed by atoms with Crippen molar-refractivity contribution in [3.63, 3.8) is 0 Å². The summed E-state index contributed by atoms with van der Waals surface area (Å²) in [5, 5.41) is 9.18. The number of hydrogen-bond acceptors (Lipinski definition) is 1. The molecule has 0 bridgehead atoms. The standard InChI is InChI=1S/C10H5ClF2N2/c1-15-5(4-14)2-6-7(11)3-8(12)9(13)10(6)15/h2-3H,1H3. The Morgan fingerprint density at radius 2 is 2.07 bits per heavy atom. The molecule has 0 amide bonds. The molecule has 1 aromatic heterocycles. The Labute approximate surface area is 89.3 Å². The van der Waals surface area contributed by atoms with Crippen LogP contribution in [0.5, 0.6) is 0 Å². The summed E-state index contributed by atoms with van der Waals surface area (Å²) in [6.45, 7) is 0. The second-order valence-electron chi connectivity index (χ2n) is 3.12. The van der Waals surface area contributed by atoms with Crippen molar-refractivity contribution in [2.45, 2.75) is 0 Å². The fraction of sp³-hybridized carbons (Fsp3) is 0.100. The SMILES string of the molecule is Cn1c(C#N)cc2c(Cl)cc(F)c(F)c21. The van der Waals surface area contributed by atoms with Gasteiger partial charge in [0.25, 0.3) is 0 Å². The summed E-state index contributed by atoms with van der Waals surface area (Å²) in [6, 6.07) is 4.21. The van der Waals surface area contributed by atoms with Gasteiger partial charge >= 0.3 is 0 Å². The number of fused-ring (bicyclic) bond motifs is 1. The van der Waals surface area contributed by atoms with E-state index in [2.05, 4.69) is 0 Å². The molecule has 0 aliphatic heterocycles. The van der Waals surface area contributed by atoms with Gasteiger partial charge in [-0.15, -0.1) is 0 Å². The maximum atomic E-state index is 13.4. The number of nitriles is 1. The third-order valence-electron chi connectivity index (χ3n) is 2.28. The Morgan fingerprint density at radius 1 is 1.40 bits per heavy atom. The van der Waals surface area contributed by atoms with Crippen LogP contribution in [0, 0.1) is 23.0 Å². The number of aromatic nitrogens is 1. The van der Waals surface area contributed by atoms with Gasteiger partial charge in [0, 0.05) is 12.4 Å². The Kier molecular flexibility index (Phi) is 2.13. The molecule has 0 aliphatic carbocycles. The van der Waals surface area contributed by atoms with Gasteiger partial charge in [0.1, 0.15) is 11.8 Å². The first kappa shape index (κ1) is 9.94. The van der Waals surface area contributed by atoms with E-state index in [0.717, 1.165) is 6.07 Å². The van der Waals surface area contributed by atoms with E-state index >= 15 is 0 Å². The van der Waals surface area contributed by atoms with Gasteiger partial charge in [-0.3, -0.25) is 0 Å². The first-order chi connectivity index (χ1) is 7.06. The molecule has 2 nitrogen and oxygen atoms in total. The van der Waals surface area contributed by atoms with E-state index in [4.69, 9.17) is 16.9 Å². The number of benzene rings is 1. The van der Waals surface area contributed by atoms with Crippen molar-refractivity contribution in [1.29, 1.82) is 5.26 Å². The van der Waals surface area contributed by atoms with E-state index in [-0.39, 0.29) is 16.2 Å². The minimum Gasteiger partial charge on any atom is -0.333 e. The van der Waals surface area contributed by atoms with Gasteiger partial charge in [-0.1, -0.05) is 11.6 Å². The van der Waals surface area contributed by atoms with Crippen molar-refractivity contribution in [2.75, 3.05) is 0 Å². The predicted octanol–water partition coefficient (Wildman–Crippen LogP) is 2.98. The molecule has 2 aromatic rings. The van der Waals surface area contributed by atoms with Gasteiger partial charge in [-0.2, -0.15) is 5.26 Å². The normalized spacial score (nSPS) is 10.6. The third-order valence-corrected chi connectivity index (χ3v) is 2.59. The highest BCUT2D eigenvalue weighted by atomic mass is 35.5. The molecule has 5 heteroatoms. The largest absolute Gasteiger partial charge is 0.333 e. The van der Waals surface area contributed by atoms with Gasteiger partial charge in [0.05, 0.1) is 10.5 Å². The molecule has 0 atom stereocenters. The van der Waals surface area contributed by atoms with Crippen LogP contribution >= 0.6 is 11.6 Å². The number of halogens is 3. The lowest BCUT2D eigenvalue weighted by Gasteiger charge is -2.01. The lowest BCUT2D eigenvalue weighted by Crippen LogP contribution is -1.95. The molecule has 0 radical (unpaired) electrons. The van der Waals surface area contributed by atoms with Crippen LogP contribution in [-0.4, -0.2) is 4.57 Å². The zero-order valence-electron chi connectivity index (χ0n) is 7.68. The summed E-state index contributed by atoms with van der Waals surface area (Å²) in [5.41, 5.74) is 0.243. The average molecular weight is 227 g/mol. The molecular weight excluding hydrogens is 222 g/mol.